The molecule has 43 heavy (non-hydrogen) atoms. The maximum absolute atomic E-state index is 13.7. The minimum atomic E-state index is -0.600. The Morgan fingerprint density at radius 3 is 2.56 bits per heavy atom. The molecule has 0 aliphatic carbocycles. The molecule has 1 N–H and O–H groups in total. The molecule has 0 saturated heterocycles. The summed E-state index contributed by atoms with van der Waals surface area (Å²) in [5, 5.41) is 26.4. The van der Waals surface area contributed by atoms with Gasteiger partial charge in [0.05, 0.1) is 12.2 Å². The van der Waals surface area contributed by atoms with Gasteiger partial charge in [-0.2, -0.15) is 4.68 Å². The monoisotopic (exact) mass is 606 g/mol. The second-order valence-electron chi connectivity index (χ2n) is 9.83. The number of aromatic nitrogens is 7. The average molecular weight is 607 g/mol. The minimum absolute atomic E-state index is 0.241. The van der Waals surface area contributed by atoms with Gasteiger partial charge in [-0.05, 0) is 29.0 Å². The summed E-state index contributed by atoms with van der Waals surface area (Å²) in [4.78, 5) is 13.7. The third kappa shape index (κ3) is 5.30. The molecule has 1 atom stereocenters. The van der Waals surface area contributed by atoms with Crippen molar-refractivity contribution in [3.8, 4) is 10.6 Å². The molecule has 0 amide bonds. The van der Waals surface area contributed by atoms with Gasteiger partial charge < -0.3 is 14.6 Å². The molecule has 12 heteroatoms. The van der Waals surface area contributed by atoms with E-state index in [9.17, 15) is 4.79 Å². The van der Waals surface area contributed by atoms with E-state index in [0.29, 0.717) is 29.5 Å². The maximum Gasteiger partial charge on any atom is 0.338 e. The van der Waals surface area contributed by atoms with Crippen LogP contribution in [0.4, 0.5) is 5.95 Å². The molecule has 1 aliphatic rings. The summed E-state index contributed by atoms with van der Waals surface area (Å²) in [6.45, 7) is 2.72. The molecule has 1 aliphatic heterocycles. The number of esters is 1. The van der Waals surface area contributed by atoms with Crippen molar-refractivity contribution in [3.05, 3.63) is 114 Å². The highest BCUT2D eigenvalue weighted by atomic mass is 32.2. The summed E-state index contributed by atoms with van der Waals surface area (Å²) in [6.07, 6.45) is 2.10. The molecule has 6 aromatic rings. The van der Waals surface area contributed by atoms with Gasteiger partial charge in [0.15, 0.2) is 4.34 Å². The molecule has 4 heterocycles. The highest BCUT2D eigenvalue weighted by Crippen LogP contribution is 2.41. The van der Waals surface area contributed by atoms with Gasteiger partial charge in [0.25, 0.3) is 0 Å². The SMILES string of the molecule is CCOC(=O)C1=C(CSc2nnc(-c3ccccc3)s2)Nc2nnnn2C1c1cn(Cc2ccccc2)c2ccccc12. The molecular formula is C31H26N8O2S2. The third-order valence-electron chi connectivity index (χ3n) is 7.17. The van der Waals surface area contributed by atoms with Crippen LogP contribution in [0.25, 0.3) is 21.5 Å². The zero-order valence-corrected chi connectivity index (χ0v) is 24.8. The van der Waals surface area contributed by atoms with Crippen LogP contribution >= 0.6 is 23.1 Å². The van der Waals surface area contributed by atoms with Crippen LogP contribution in [0.3, 0.4) is 0 Å². The number of benzene rings is 3. The molecule has 0 fully saturated rings. The lowest BCUT2D eigenvalue weighted by Crippen LogP contribution is -2.31. The Kier molecular flexibility index (Phi) is 7.44. The Morgan fingerprint density at radius 1 is 0.977 bits per heavy atom. The quantitative estimate of drug-likeness (QED) is 0.161. The van der Waals surface area contributed by atoms with Crippen molar-refractivity contribution in [2.75, 3.05) is 17.7 Å². The summed E-state index contributed by atoms with van der Waals surface area (Å²) in [6, 6.07) is 27.8. The van der Waals surface area contributed by atoms with Crippen LogP contribution in [-0.4, -0.2) is 53.3 Å². The Bertz CT molecular complexity index is 1930. The fourth-order valence-electron chi connectivity index (χ4n) is 5.29. The Balaban J connectivity index is 1.30. The standard InChI is InChI=1S/C31H26N8O2S2/c1-2-41-29(40)26-24(19-42-31-35-33-28(43-31)21-13-7-4-8-14-21)32-30-34-36-37-39(30)27(26)23-18-38(17-20-11-5-3-6-12-20)25-16-10-9-15-22(23)25/h3-16,18,27H,2,17,19H2,1H3,(H,32,34,37). The molecule has 0 spiro atoms. The van der Waals surface area contributed by atoms with Crippen LogP contribution < -0.4 is 5.32 Å². The number of para-hydroxylation sites is 1. The minimum Gasteiger partial charge on any atom is -0.463 e. The van der Waals surface area contributed by atoms with Crippen LogP contribution in [0.5, 0.6) is 0 Å². The van der Waals surface area contributed by atoms with Crippen molar-refractivity contribution in [2.24, 2.45) is 0 Å². The maximum atomic E-state index is 13.7. The lowest BCUT2D eigenvalue weighted by molar-refractivity contribution is -0.139. The zero-order valence-electron chi connectivity index (χ0n) is 23.1. The molecule has 3 aromatic carbocycles. The van der Waals surface area contributed by atoms with E-state index in [0.717, 1.165) is 31.4 Å². The summed E-state index contributed by atoms with van der Waals surface area (Å²) < 4.78 is 10.3. The second kappa shape index (κ2) is 11.8. The first-order valence-corrected chi connectivity index (χ1v) is 15.6. The van der Waals surface area contributed by atoms with Crippen LogP contribution in [0, 0.1) is 0 Å². The summed E-state index contributed by atoms with van der Waals surface area (Å²) in [5.41, 5.74) is 5.29. The van der Waals surface area contributed by atoms with Gasteiger partial charge in [-0.1, -0.05) is 107 Å². The average Bonchev–Trinajstić information content (AvgIpc) is 3.80. The number of nitrogens with zero attached hydrogens (tertiary/aromatic N) is 7. The van der Waals surface area contributed by atoms with Crippen LogP contribution in [-0.2, 0) is 16.1 Å². The highest BCUT2D eigenvalue weighted by molar-refractivity contribution is 8.01. The predicted molar refractivity (Wildman–Crippen MR) is 167 cm³/mol. The van der Waals surface area contributed by atoms with Gasteiger partial charge >= 0.3 is 5.97 Å². The van der Waals surface area contributed by atoms with Crippen molar-refractivity contribution < 1.29 is 9.53 Å². The molecular weight excluding hydrogens is 581 g/mol. The molecule has 0 bridgehead atoms. The molecule has 0 saturated carbocycles. The van der Waals surface area contributed by atoms with Crippen LogP contribution in [0.2, 0.25) is 0 Å². The zero-order chi connectivity index (χ0) is 29.2. The van der Waals surface area contributed by atoms with Gasteiger partial charge in [-0.15, -0.1) is 10.2 Å². The van der Waals surface area contributed by atoms with Gasteiger partial charge in [0.2, 0.25) is 5.95 Å². The van der Waals surface area contributed by atoms with E-state index < -0.39 is 12.0 Å². The summed E-state index contributed by atoms with van der Waals surface area (Å²) in [5.74, 6) is 0.457. The first-order chi connectivity index (χ1) is 21.2. The molecule has 0 radical (unpaired) electrons. The number of ether oxygens (including phenoxy) is 1. The number of rotatable bonds is 9. The number of carbonyl (C=O) groups is 1. The number of hydrogen-bond donors (Lipinski definition) is 1. The lowest BCUT2D eigenvalue weighted by Gasteiger charge is -2.28. The van der Waals surface area contributed by atoms with E-state index in [1.165, 1.54) is 28.7 Å². The van der Waals surface area contributed by atoms with Crippen molar-refractivity contribution >= 4 is 45.9 Å². The summed E-state index contributed by atoms with van der Waals surface area (Å²) >= 11 is 3.01. The number of tetrazole rings is 1. The number of anilines is 1. The Labute approximate surface area is 255 Å². The first kappa shape index (κ1) is 27.0. The molecule has 214 valence electrons. The van der Waals surface area contributed by atoms with E-state index in [2.05, 4.69) is 66.1 Å². The van der Waals surface area contributed by atoms with E-state index in [4.69, 9.17) is 4.74 Å². The van der Waals surface area contributed by atoms with Gasteiger partial charge in [-0.3, -0.25) is 0 Å². The van der Waals surface area contributed by atoms with E-state index in [1.807, 2.05) is 60.7 Å². The van der Waals surface area contributed by atoms with Crippen molar-refractivity contribution in [3.63, 3.8) is 0 Å². The third-order valence-corrected chi connectivity index (χ3v) is 9.30. The lowest BCUT2D eigenvalue weighted by atomic mass is 9.95. The van der Waals surface area contributed by atoms with E-state index in [1.54, 1.807) is 11.6 Å². The molecule has 3 aromatic heterocycles. The van der Waals surface area contributed by atoms with Crippen molar-refractivity contribution in [1.82, 2.24) is 35.0 Å². The molecule has 10 nitrogen and oxygen atoms in total. The topological polar surface area (TPSA) is 113 Å². The molecule has 7 rings (SSSR count). The number of thioether (sulfide) groups is 1. The largest absolute Gasteiger partial charge is 0.463 e. The Morgan fingerprint density at radius 2 is 1.74 bits per heavy atom. The normalized spacial score (nSPS) is 14.5. The number of carbonyl (C=O) groups excluding carboxylic acids is 1. The smallest absolute Gasteiger partial charge is 0.338 e. The fourth-order valence-corrected chi connectivity index (χ4v) is 7.11. The van der Waals surface area contributed by atoms with Crippen LogP contribution in [0.1, 0.15) is 24.1 Å². The fraction of sp³-hybridized carbons (Fsp3) is 0.161. The highest BCUT2D eigenvalue weighted by Gasteiger charge is 2.38. The predicted octanol–water partition coefficient (Wildman–Crippen LogP) is 5.82. The van der Waals surface area contributed by atoms with E-state index in [-0.39, 0.29) is 6.61 Å². The van der Waals surface area contributed by atoms with Crippen molar-refractivity contribution in [1.29, 1.82) is 0 Å². The van der Waals surface area contributed by atoms with Crippen molar-refractivity contribution in [2.45, 2.75) is 23.8 Å². The molecule has 1 unspecified atom stereocenters. The Hall–Kier alpha value is -4.81. The number of nitrogens with one attached hydrogen (secondary N) is 1. The van der Waals surface area contributed by atoms with E-state index >= 15 is 0 Å². The number of fused-ring (bicyclic) bond motifs is 2. The van der Waals surface area contributed by atoms with Gasteiger partial charge in [-0.25, -0.2) is 4.79 Å². The van der Waals surface area contributed by atoms with Gasteiger partial charge in [0, 0.05) is 46.2 Å². The number of hydrogen-bond acceptors (Lipinski definition) is 10. The van der Waals surface area contributed by atoms with Gasteiger partial charge in [0.1, 0.15) is 11.0 Å². The first-order valence-electron chi connectivity index (χ1n) is 13.8. The second-order valence-corrected chi connectivity index (χ2v) is 12.0. The van der Waals surface area contributed by atoms with Crippen LogP contribution in [0.15, 0.2) is 107 Å². The summed E-state index contributed by atoms with van der Waals surface area (Å²) in [7, 11) is 0.